The molecule has 2 aromatic rings. The number of carboxylic acid groups (broad SMARTS) is 1. The van der Waals surface area contributed by atoms with Crippen molar-refractivity contribution in [2.24, 2.45) is 5.92 Å². The van der Waals surface area contributed by atoms with Gasteiger partial charge in [-0.1, -0.05) is 36.2 Å². The van der Waals surface area contributed by atoms with Gasteiger partial charge >= 0.3 is 5.97 Å². The Bertz CT molecular complexity index is 1090. The predicted molar refractivity (Wildman–Crippen MR) is 132 cm³/mol. The summed E-state index contributed by atoms with van der Waals surface area (Å²) in [7, 11) is 0. The highest BCUT2D eigenvalue weighted by Gasteiger charge is 2.30. The molecule has 0 aromatic heterocycles. The van der Waals surface area contributed by atoms with Crippen LogP contribution in [0.15, 0.2) is 42.5 Å². The van der Waals surface area contributed by atoms with Crippen LogP contribution in [-0.2, 0) is 20.9 Å². The molecule has 36 heavy (non-hydrogen) atoms. The Morgan fingerprint density at radius 3 is 2.42 bits per heavy atom. The summed E-state index contributed by atoms with van der Waals surface area (Å²) < 4.78 is 20.4. The standard InChI is InChI=1S/C27H30ClFN2O5/c28-21-7-5-20(6-8-21)23(15-27(34)35)30(16-18-2-1-3-18)17-19-4-9-24(22(29)14-19)36-13-12-31-25(32)10-11-26(31)33/h4-9,14,18,23H,1-3,10-13,15-17H2,(H,34,35)/t23-/m1/s1. The fourth-order valence-corrected chi connectivity index (χ4v) is 4.86. The highest BCUT2D eigenvalue weighted by atomic mass is 35.5. The van der Waals surface area contributed by atoms with Gasteiger partial charge in [0.05, 0.1) is 13.0 Å². The van der Waals surface area contributed by atoms with E-state index in [0.717, 1.165) is 29.8 Å². The Kier molecular flexibility index (Phi) is 8.59. The normalized spacial score (nSPS) is 16.9. The van der Waals surface area contributed by atoms with Crippen molar-refractivity contribution in [3.8, 4) is 5.75 Å². The fraction of sp³-hybridized carbons (Fsp3) is 0.444. The molecule has 7 nitrogen and oxygen atoms in total. The Morgan fingerprint density at radius 1 is 1.14 bits per heavy atom. The number of carboxylic acids is 1. The molecule has 1 saturated heterocycles. The van der Waals surface area contributed by atoms with Crippen LogP contribution >= 0.6 is 11.6 Å². The largest absolute Gasteiger partial charge is 0.489 e. The van der Waals surface area contributed by atoms with E-state index in [2.05, 4.69) is 4.90 Å². The molecule has 0 unspecified atom stereocenters. The number of nitrogens with zero attached hydrogens (tertiary/aromatic N) is 2. The molecule has 9 heteroatoms. The molecule has 1 aliphatic carbocycles. The van der Waals surface area contributed by atoms with Gasteiger partial charge in [0.2, 0.25) is 11.8 Å². The van der Waals surface area contributed by atoms with E-state index in [0.29, 0.717) is 23.0 Å². The summed E-state index contributed by atoms with van der Waals surface area (Å²) in [6, 6.07) is 11.5. The molecule has 2 fully saturated rings. The maximum atomic E-state index is 14.9. The van der Waals surface area contributed by atoms with Crippen molar-refractivity contribution in [2.75, 3.05) is 19.7 Å². The molecule has 0 radical (unpaired) electrons. The number of carbonyl (C=O) groups excluding carboxylic acids is 2. The summed E-state index contributed by atoms with van der Waals surface area (Å²) >= 11 is 6.05. The highest BCUT2D eigenvalue weighted by molar-refractivity contribution is 6.30. The van der Waals surface area contributed by atoms with E-state index in [4.69, 9.17) is 16.3 Å². The average Bonchev–Trinajstić information content (AvgIpc) is 3.13. The molecule has 1 saturated carbocycles. The van der Waals surface area contributed by atoms with Gasteiger partial charge in [0.1, 0.15) is 6.61 Å². The average molecular weight is 517 g/mol. The van der Waals surface area contributed by atoms with Gasteiger partial charge < -0.3 is 9.84 Å². The van der Waals surface area contributed by atoms with Crippen LogP contribution in [-0.4, -0.2) is 52.4 Å². The number of hydrogen-bond donors (Lipinski definition) is 1. The van der Waals surface area contributed by atoms with Gasteiger partial charge in [0, 0.05) is 37.0 Å². The smallest absolute Gasteiger partial charge is 0.305 e. The lowest BCUT2D eigenvalue weighted by atomic mass is 9.84. The Hall–Kier alpha value is -2.97. The number of likely N-dealkylation sites (tertiary alicyclic amines) is 1. The van der Waals surface area contributed by atoms with Crippen LogP contribution in [0.5, 0.6) is 5.75 Å². The van der Waals surface area contributed by atoms with Crippen molar-refractivity contribution in [1.82, 2.24) is 9.80 Å². The van der Waals surface area contributed by atoms with E-state index >= 15 is 0 Å². The molecule has 192 valence electrons. The number of imide groups is 1. The SMILES string of the molecule is O=C(O)C[C@H](c1ccc(Cl)cc1)N(Cc1ccc(OCCN2C(=O)CCC2=O)c(F)c1)CC1CCC1. The molecule has 2 aliphatic rings. The Morgan fingerprint density at radius 2 is 1.83 bits per heavy atom. The zero-order valence-electron chi connectivity index (χ0n) is 20.0. The zero-order chi connectivity index (χ0) is 25.7. The summed E-state index contributed by atoms with van der Waals surface area (Å²) in [5, 5.41) is 10.2. The van der Waals surface area contributed by atoms with Gasteiger partial charge in [-0.2, -0.15) is 0 Å². The van der Waals surface area contributed by atoms with E-state index in [1.807, 2.05) is 12.1 Å². The van der Waals surface area contributed by atoms with E-state index in [1.165, 1.54) is 18.6 Å². The van der Waals surface area contributed by atoms with Gasteiger partial charge in [0.25, 0.3) is 0 Å². The number of aliphatic carboxylic acids is 1. The van der Waals surface area contributed by atoms with Crippen LogP contribution in [0.25, 0.3) is 0 Å². The minimum atomic E-state index is -0.904. The Balaban J connectivity index is 1.46. The van der Waals surface area contributed by atoms with Gasteiger partial charge in [-0.25, -0.2) is 4.39 Å². The second-order valence-corrected chi connectivity index (χ2v) is 9.88. The lowest BCUT2D eigenvalue weighted by molar-refractivity contribution is -0.140. The lowest BCUT2D eigenvalue weighted by Gasteiger charge is -2.37. The maximum Gasteiger partial charge on any atom is 0.305 e. The van der Waals surface area contributed by atoms with Crippen LogP contribution in [0, 0.1) is 11.7 Å². The molecule has 2 amide bonds. The molecule has 1 heterocycles. The Labute approximate surface area is 214 Å². The first-order valence-electron chi connectivity index (χ1n) is 12.3. The topological polar surface area (TPSA) is 87.2 Å². The van der Waals surface area contributed by atoms with E-state index < -0.39 is 11.8 Å². The van der Waals surface area contributed by atoms with Crippen molar-refractivity contribution < 1.29 is 28.6 Å². The summed E-state index contributed by atoms with van der Waals surface area (Å²) in [6.45, 7) is 1.20. The number of hydrogen-bond acceptors (Lipinski definition) is 5. The molecular formula is C27H30ClFN2O5. The minimum Gasteiger partial charge on any atom is -0.489 e. The first kappa shape index (κ1) is 26.1. The van der Waals surface area contributed by atoms with Gasteiger partial charge in [-0.05, 0) is 54.2 Å². The van der Waals surface area contributed by atoms with Crippen molar-refractivity contribution >= 4 is 29.4 Å². The maximum absolute atomic E-state index is 14.9. The van der Waals surface area contributed by atoms with Crippen LogP contribution in [0.1, 0.15) is 55.7 Å². The van der Waals surface area contributed by atoms with Crippen LogP contribution in [0.3, 0.4) is 0 Å². The molecule has 2 aromatic carbocycles. The number of ether oxygens (including phenoxy) is 1. The van der Waals surface area contributed by atoms with Crippen molar-refractivity contribution in [3.05, 3.63) is 64.4 Å². The zero-order valence-corrected chi connectivity index (χ0v) is 20.8. The number of rotatable bonds is 12. The van der Waals surface area contributed by atoms with E-state index in [-0.39, 0.29) is 56.0 Å². The summed E-state index contributed by atoms with van der Waals surface area (Å²) in [5.41, 5.74) is 1.56. The number of halogens is 2. The quantitative estimate of drug-likeness (QED) is 0.407. The van der Waals surface area contributed by atoms with Gasteiger partial charge in [-0.3, -0.25) is 24.2 Å². The molecular weight excluding hydrogens is 487 g/mol. The minimum absolute atomic E-state index is 0.0127. The van der Waals surface area contributed by atoms with E-state index in [1.54, 1.807) is 18.2 Å². The monoisotopic (exact) mass is 516 g/mol. The van der Waals surface area contributed by atoms with Gasteiger partial charge in [0.15, 0.2) is 11.6 Å². The number of amides is 2. The molecule has 1 N–H and O–H groups in total. The van der Waals surface area contributed by atoms with Crippen molar-refractivity contribution in [1.29, 1.82) is 0 Å². The third-order valence-electron chi connectivity index (χ3n) is 6.89. The number of carbonyl (C=O) groups is 3. The van der Waals surface area contributed by atoms with E-state index in [9.17, 15) is 23.9 Å². The molecule has 1 atom stereocenters. The highest BCUT2D eigenvalue weighted by Crippen LogP contribution is 2.34. The first-order chi connectivity index (χ1) is 17.3. The predicted octanol–water partition coefficient (Wildman–Crippen LogP) is 4.83. The summed E-state index contributed by atoms with van der Waals surface area (Å²) in [6.07, 6.45) is 3.70. The number of benzene rings is 2. The molecule has 0 spiro atoms. The van der Waals surface area contributed by atoms with Crippen LogP contribution in [0.2, 0.25) is 5.02 Å². The molecule has 4 rings (SSSR count). The molecule has 0 bridgehead atoms. The van der Waals surface area contributed by atoms with Crippen molar-refractivity contribution in [2.45, 2.75) is 51.1 Å². The fourth-order valence-electron chi connectivity index (χ4n) is 4.73. The summed E-state index contributed by atoms with van der Waals surface area (Å²) in [5.74, 6) is -1.39. The lowest BCUT2D eigenvalue weighted by Crippen LogP contribution is -2.36. The third-order valence-corrected chi connectivity index (χ3v) is 7.14. The van der Waals surface area contributed by atoms with Crippen molar-refractivity contribution in [3.63, 3.8) is 0 Å². The van der Waals surface area contributed by atoms with Crippen LogP contribution in [0.4, 0.5) is 4.39 Å². The van der Waals surface area contributed by atoms with Gasteiger partial charge in [-0.15, -0.1) is 0 Å². The second-order valence-electron chi connectivity index (χ2n) is 9.44. The second kappa shape index (κ2) is 11.8. The van der Waals surface area contributed by atoms with Crippen LogP contribution < -0.4 is 4.74 Å². The third kappa shape index (κ3) is 6.62. The molecule has 1 aliphatic heterocycles. The summed E-state index contributed by atoms with van der Waals surface area (Å²) in [4.78, 5) is 38.4. The first-order valence-corrected chi connectivity index (χ1v) is 12.6.